The molecule has 0 aliphatic carbocycles. The zero-order valence-electron chi connectivity index (χ0n) is 8.80. The fourth-order valence-electron chi connectivity index (χ4n) is 1.49. The van der Waals surface area contributed by atoms with Crippen LogP contribution in [0.25, 0.3) is 0 Å². The van der Waals surface area contributed by atoms with Gasteiger partial charge in [0.1, 0.15) is 5.82 Å². The van der Waals surface area contributed by atoms with Gasteiger partial charge in [-0.15, -0.1) is 0 Å². The van der Waals surface area contributed by atoms with Crippen molar-refractivity contribution in [3.8, 4) is 6.07 Å². The van der Waals surface area contributed by atoms with E-state index in [2.05, 4.69) is 4.98 Å². The second kappa shape index (κ2) is 4.58. The average molecular weight is 229 g/mol. The Morgan fingerprint density at radius 3 is 3.00 bits per heavy atom. The molecule has 4 nitrogen and oxygen atoms in total. The van der Waals surface area contributed by atoms with Crippen LogP contribution in [0.3, 0.4) is 0 Å². The van der Waals surface area contributed by atoms with Crippen molar-refractivity contribution in [2.24, 2.45) is 0 Å². The van der Waals surface area contributed by atoms with E-state index in [1.54, 1.807) is 12.3 Å². The number of hydrogen-bond donors (Lipinski definition) is 0. The molecule has 0 spiro atoms. The van der Waals surface area contributed by atoms with Crippen LogP contribution < -0.4 is 5.69 Å². The number of nitriles is 1. The molecule has 0 atom stereocenters. The Bertz CT molecular complexity index is 643. The van der Waals surface area contributed by atoms with Gasteiger partial charge in [0, 0.05) is 12.4 Å². The summed E-state index contributed by atoms with van der Waals surface area (Å²) in [7, 11) is 0. The first kappa shape index (κ1) is 11.0. The van der Waals surface area contributed by atoms with Gasteiger partial charge in [0.2, 0.25) is 0 Å². The molecule has 17 heavy (non-hydrogen) atoms. The lowest BCUT2D eigenvalue weighted by Gasteiger charge is -2.06. The summed E-state index contributed by atoms with van der Waals surface area (Å²) in [6.45, 7) is 0.132. The topological polar surface area (TPSA) is 58.7 Å². The summed E-state index contributed by atoms with van der Waals surface area (Å²) >= 11 is 0. The monoisotopic (exact) mass is 229 g/mol. The maximum absolute atomic E-state index is 13.1. The van der Waals surface area contributed by atoms with Gasteiger partial charge in [0.15, 0.2) is 0 Å². The number of nitrogens with zero attached hydrogens (tertiary/aromatic N) is 3. The zero-order valence-corrected chi connectivity index (χ0v) is 8.80. The van der Waals surface area contributed by atoms with Gasteiger partial charge in [0.05, 0.1) is 18.2 Å². The molecule has 1 aromatic carbocycles. The smallest absolute Gasteiger partial charge is 0.295 e. The van der Waals surface area contributed by atoms with Gasteiger partial charge in [-0.25, -0.2) is 14.2 Å². The highest BCUT2D eigenvalue weighted by atomic mass is 19.1. The lowest BCUT2D eigenvalue weighted by molar-refractivity contribution is 0.621. The lowest BCUT2D eigenvalue weighted by atomic mass is 10.1. The predicted molar refractivity (Wildman–Crippen MR) is 58.7 cm³/mol. The van der Waals surface area contributed by atoms with Crippen LogP contribution in [-0.2, 0) is 6.54 Å². The van der Waals surface area contributed by atoms with Crippen molar-refractivity contribution in [1.29, 1.82) is 5.26 Å². The normalized spacial score (nSPS) is 9.88. The quantitative estimate of drug-likeness (QED) is 0.779. The summed E-state index contributed by atoms with van der Waals surface area (Å²) in [5.74, 6) is -0.434. The van der Waals surface area contributed by atoms with Crippen LogP contribution in [0, 0.1) is 17.1 Å². The molecule has 0 aliphatic rings. The van der Waals surface area contributed by atoms with E-state index in [0.717, 1.165) is 0 Å². The first-order valence-electron chi connectivity index (χ1n) is 4.90. The van der Waals surface area contributed by atoms with Crippen LogP contribution in [0.15, 0.2) is 41.5 Å². The molecule has 2 aromatic rings. The highest BCUT2D eigenvalue weighted by Gasteiger charge is 2.05. The van der Waals surface area contributed by atoms with E-state index in [1.165, 1.54) is 29.0 Å². The number of aromatic nitrogens is 2. The molecule has 0 unspecified atom stereocenters. The van der Waals surface area contributed by atoms with Crippen LogP contribution in [0.4, 0.5) is 4.39 Å². The fraction of sp³-hybridized carbons (Fsp3) is 0.0833. The standard InChI is InChI=1S/C12H8FN3O/c13-11-3-2-9(7-14)10(6-11)8-16-5-1-4-15-12(16)17/h1-6H,8H2. The number of rotatable bonds is 2. The van der Waals surface area contributed by atoms with Gasteiger partial charge in [-0.3, -0.25) is 4.57 Å². The summed E-state index contributed by atoms with van der Waals surface area (Å²) in [4.78, 5) is 15.0. The van der Waals surface area contributed by atoms with Crippen molar-refractivity contribution in [3.63, 3.8) is 0 Å². The molecule has 84 valence electrons. The average Bonchev–Trinajstić information content (AvgIpc) is 2.32. The molecule has 0 bridgehead atoms. The Labute approximate surface area is 96.6 Å². The number of benzene rings is 1. The van der Waals surface area contributed by atoms with Crippen molar-refractivity contribution in [3.05, 3.63) is 64.1 Å². The molecule has 0 aliphatic heterocycles. The Balaban J connectivity index is 2.43. The summed E-state index contributed by atoms with van der Waals surface area (Å²) in [6.07, 6.45) is 2.93. The van der Waals surface area contributed by atoms with E-state index in [1.807, 2.05) is 6.07 Å². The third kappa shape index (κ3) is 2.37. The summed E-state index contributed by atoms with van der Waals surface area (Å²) in [5.41, 5.74) is 0.380. The largest absolute Gasteiger partial charge is 0.347 e. The van der Waals surface area contributed by atoms with Gasteiger partial charge in [-0.2, -0.15) is 5.26 Å². The van der Waals surface area contributed by atoms with Crippen molar-refractivity contribution in [2.45, 2.75) is 6.54 Å². The first-order chi connectivity index (χ1) is 8.20. The minimum atomic E-state index is -0.434. The molecule has 0 fully saturated rings. The van der Waals surface area contributed by atoms with Crippen LogP contribution in [0.5, 0.6) is 0 Å². The van der Waals surface area contributed by atoms with Gasteiger partial charge >= 0.3 is 5.69 Å². The SMILES string of the molecule is N#Cc1ccc(F)cc1Cn1cccnc1=O. The van der Waals surface area contributed by atoms with Crippen LogP contribution in [0.1, 0.15) is 11.1 Å². The summed E-state index contributed by atoms with van der Waals surface area (Å²) in [5, 5.41) is 8.88. The molecule has 0 amide bonds. The van der Waals surface area contributed by atoms with E-state index in [4.69, 9.17) is 5.26 Å². The Morgan fingerprint density at radius 2 is 2.29 bits per heavy atom. The van der Waals surface area contributed by atoms with Gasteiger partial charge in [-0.1, -0.05) is 0 Å². The second-order valence-electron chi connectivity index (χ2n) is 3.44. The molecule has 2 rings (SSSR count). The van der Waals surface area contributed by atoms with E-state index in [0.29, 0.717) is 11.1 Å². The number of hydrogen-bond acceptors (Lipinski definition) is 3. The van der Waals surface area contributed by atoms with E-state index in [9.17, 15) is 9.18 Å². The predicted octanol–water partition coefficient (Wildman–Crippen LogP) is 1.30. The van der Waals surface area contributed by atoms with E-state index < -0.39 is 11.5 Å². The Hall–Kier alpha value is -2.48. The highest BCUT2D eigenvalue weighted by molar-refractivity contribution is 5.37. The van der Waals surface area contributed by atoms with Crippen LogP contribution >= 0.6 is 0 Å². The molecular weight excluding hydrogens is 221 g/mol. The molecule has 0 saturated carbocycles. The molecule has 0 N–H and O–H groups in total. The van der Waals surface area contributed by atoms with Crippen LogP contribution in [0.2, 0.25) is 0 Å². The molecule has 1 heterocycles. The molecule has 0 radical (unpaired) electrons. The minimum absolute atomic E-state index is 0.132. The van der Waals surface area contributed by atoms with E-state index in [-0.39, 0.29) is 6.54 Å². The maximum atomic E-state index is 13.1. The third-order valence-electron chi connectivity index (χ3n) is 2.31. The Kier molecular flexibility index (Phi) is 2.97. The van der Waals surface area contributed by atoms with Crippen molar-refractivity contribution >= 4 is 0 Å². The Morgan fingerprint density at radius 1 is 1.47 bits per heavy atom. The van der Waals surface area contributed by atoms with Gasteiger partial charge in [-0.05, 0) is 29.8 Å². The summed E-state index contributed by atoms with van der Waals surface area (Å²) < 4.78 is 14.4. The summed E-state index contributed by atoms with van der Waals surface area (Å²) in [6, 6.07) is 7.42. The van der Waals surface area contributed by atoms with E-state index >= 15 is 0 Å². The molecular formula is C12H8FN3O. The fourth-order valence-corrected chi connectivity index (χ4v) is 1.49. The molecule has 5 heteroatoms. The van der Waals surface area contributed by atoms with Crippen molar-refractivity contribution in [2.75, 3.05) is 0 Å². The molecule has 1 aromatic heterocycles. The minimum Gasteiger partial charge on any atom is -0.295 e. The number of halogens is 1. The highest BCUT2D eigenvalue weighted by Crippen LogP contribution is 2.11. The van der Waals surface area contributed by atoms with Gasteiger partial charge < -0.3 is 0 Å². The van der Waals surface area contributed by atoms with Crippen LogP contribution in [-0.4, -0.2) is 9.55 Å². The molecule has 0 saturated heterocycles. The van der Waals surface area contributed by atoms with Gasteiger partial charge in [0.25, 0.3) is 0 Å². The second-order valence-corrected chi connectivity index (χ2v) is 3.44. The van der Waals surface area contributed by atoms with Crippen molar-refractivity contribution in [1.82, 2.24) is 9.55 Å². The maximum Gasteiger partial charge on any atom is 0.347 e. The zero-order chi connectivity index (χ0) is 12.3. The first-order valence-corrected chi connectivity index (χ1v) is 4.90. The lowest BCUT2D eigenvalue weighted by Crippen LogP contribution is -2.22. The third-order valence-corrected chi connectivity index (χ3v) is 2.31. The van der Waals surface area contributed by atoms with Crippen molar-refractivity contribution < 1.29 is 4.39 Å².